The second-order valence-corrected chi connectivity index (χ2v) is 10.4. The summed E-state index contributed by atoms with van der Waals surface area (Å²) in [5.74, 6) is 0.150. The number of benzene rings is 2. The van der Waals surface area contributed by atoms with Crippen molar-refractivity contribution in [3.05, 3.63) is 81.8 Å². The zero-order valence-electron chi connectivity index (χ0n) is 22.9. The zero-order valence-corrected chi connectivity index (χ0v) is 23.6. The minimum atomic E-state index is -0.611. The van der Waals surface area contributed by atoms with E-state index in [-0.39, 0.29) is 29.8 Å². The van der Waals surface area contributed by atoms with Gasteiger partial charge in [0.1, 0.15) is 5.69 Å². The predicted molar refractivity (Wildman–Crippen MR) is 156 cm³/mol. The molecule has 0 saturated carbocycles. The molecule has 216 valence electrons. The van der Waals surface area contributed by atoms with E-state index in [4.69, 9.17) is 26.8 Å². The van der Waals surface area contributed by atoms with E-state index in [0.29, 0.717) is 54.5 Å². The molecule has 0 spiro atoms. The first-order valence-corrected chi connectivity index (χ1v) is 14.0. The normalized spacial score (nSPS) is 13.1. The molecule has 0 radical (unpaired) electrons. The lowest BCUT2D eigenvalue weighted by Crippen LogP contribution is -2.27. The number of anilines is 1. The summed E-state index contributed by atoms with van der Waals surface area (Å²) in [6.45, 7) is 3.86. The van der Waals surface area contributed by atoms with Gasteiger partial charge in [0.05, 0.1) is 28.7 Å². The van der Waals surface area contributed by atoms with Gasteiger partial charge >= 0.3 is 0 Å². The Bertz CT molecular complexity index is 1700. The molecule has 0 bridgehead atoms. The first-order valence-electron chi connectivity index (χ1n) is 13.6. The number of ether oxygens (including phenoxy) is 2. The molecule has 6 rings (SSSR count). The number of halogens is 1. The molecule has 0 atom stereocenters. The number of pyridine rings is 1. The molecular formula is C30H29ClN6O5. The van der Waals surface area contributed by atoms with E-state index < -0.39 is 11.8 Å². The van der Waals surface area contributed by atoms with Crippen LogP contribution in [0.3, 0.4) is 0 Å². The smallest absolute Gasteiger partial charge is 0.275 e. The molecule has 4 aromatic rings. The Morgan fingerprint density at radius 3 is 2.71 bits per heavy atom. The van der Waals surface area contributed by atoms with Crippen molar-refractivity contribution < 1.29 is 24.2 Å². The van der Waals surface area contributed by atoms with E-state index in [0.717, 1.165) is 28.9 Å². The summed E-state index contributed by atoms with van der Waals surface area (Å²) in [5.41, 5.74) is 11.3. The van der Waals surface area contributed by atoms with Gasteiger partial charge in [-0.1, -0.05) is 24.6 Å². The topological polar surface area (TPSA) is 145 Å². The maximum atomic E-state index is 13.4. The average Bonchev–Trinajstić information content (AvgIpc) is 3.62. The predicted octanol–water partition coefficient (Wildman–Crippen LogP) is 3.58. The Morgan fingerprint density at radius 2 is 1.93 bits per heavy atom. The van der Waals surface area contributed by atoms with Crippen molar-refractivity contribution in [2.24, 2.45) is 5.73 Å². The number of likely N-dealkylation sites (N-methyl/N-ethyl adjacent to an activating group) is 1. The molecule has 0 fully saturated rings. The van der Waals surface area contributed by atoms with Crippen molar-refractivity contribution in [1.82, 2.24) is 19.7 Å². The van der Waals surface area contributed by atoms with Crippen LogP contribution in [0.2, 0.25) is 5.02 Å². The van der Waals surface area contributed by atoms with Crippen molar-refractivity contribution in [2.75, 3.05) is 31.8 Å². The molecule has 2 amide bonds. The fourth-order valence-electron chi connectivity index (χ4n) is 5.36. The number of hydrogen-bond acceptors (Lipinski definition) is 8. The molecule has 4 N–H and O–H groups in total. The number of carbonyl (C=O) groups is 2. The van der Waals surface area contributed by atoms with Crippen LogP contribution in [0.1, 0.15) is 44.7 Å². The molecule has 3 heterocycles. The first-order chi connectivity index (χ1) is 20.4. The Balaban J connectivity index is 1.34. The van der Waals surface area contributed by atoms with Crippen LogP contribution >= 0.6 is 11.6 Å². The zero-order chi connectivity index (χ0) is 29.4. The lowest BCUT2D eigenvalue weighted by atomic mass is 9.88. The summed E-state index contributed by atoms with van der Waals surface area (Å²) in [7, 11) is 0. The standard InChI is InChI=1S/C30H29ClN6O5/c1-2-36(11-12-38)15-19-6-9-23(31)27(33-19)30(40)34-18-5-3-17-4-8-21-26(29(32)39)35-37(28(21)22(17)13-18)20-7-10-24-25(14-20)42-16-41-24/h3,5-7,9-10,13-14,38H,2,4,8,11-12,15-16H2,1H3,(H2,32,39)(H,34,40). The van der Waals surface area contributed by atoms with Crippen LogP contribution in [-0.2, 0) is 19.4 Å². The summed E-state index contributed by atoms with van der Waals surface area (Å²) in [6, 6.07) is 14.5. The van der Waals surface area contributed by atoms with Gasteiger partial charge in [0.2, 0.25) is 6.79 Å². The van der Waals surface area contributed by atoms with Gasteiger partial charge in [0, 0.05) is 36.0 Å². The van der Waals surface area contributed by atoms with Crippen LogP contribution in [0, 0.1) is 0 Å². The monoisotopic (exact) mass is 588 g/mol. The highest BCUT2D eigenvalue weighted by atomic mass is 35.5. The maximum absolute atomic E-state index is 13.4. The lowest BCUT2D eigenvalue weighted by molar-refractivity contribution is 0.0991. The number of aliphatic hydroxyl groups is 1. The van der Waals surface area contributed by atoms with E-state index in [1.165, 1.54) is 0 Å². The summed E-state index contributed by atoms with van der Waals surface area (Å²) in [6.07, 6.45) is 1.27. The highest BCUT2D eigenvalue weighted by Crippen LogP contribution is 2.40. The van der Waals surface area contributed by atoms with Crippen molar-refractivity contribution >= 4 is 29.1 Å². The number of fused-ring (bicyclic) bond motifs is 4. The summed E-state index contributed by atoms with van der Waals surface area (Å²) >= 11 is 6.38. The number of carbonyl (C=O) groups excluding carboxylic acids is 2. The second kappa shape index (κ2) is 11.4. The van der Waals surface area contributed by atoms with Crippen molar-refractivity contribution in [1.29, 1.82) is 0 Å². The quantitative estimate of drug-likeness (QED) is 0.269. The van der Waals surface area contributed by atoms with Crippen LogP contribution in [0.5, 0.6) is 11.5 Å². The van der Waals surface area contributed by atoms with Gasteiger partial charge in [-0.15, -0.1) is 0 Å². The molecule has 2 aliphatic rings. The van der Waals surface area contributed by atoms with Gasteiger partial charge in [0.25, 0.3) is 11.8 Å². The molecule has 0 saturated heterocycles. The van der Waals surface area contributed by atoms with Crippen LogP contribution in [0.15, 0.2) is 48.5 Å². The third-order valence-corrected chi connectivity index (χ3v) is 7.76. The largest absolute Gasteiger partial charge is 0.454 e. The van der Waals surface area contributed by atoms with E-state index in [2.05, 4.69) is 15.4 Å². The van der Waals surface area contributed by atoms with Gasteiger partial charge in [-0.3, -0.25) is 14.5 Å². The Morgan fingerprint density at radius 1 is 1.10 bits per heavy atom. The van der Waals surface area contributed by atoms with Crippen molar-refractivity contribution in [3.8, 4) is 28.4 Å². The molecule has 11 nitrogen and oxygen atoms in total. The van der Waals surface area contributed by atoms with Crippen molar-refractivity contribution in [2.45, 2.75) is 26.3 Å². The van der Waals surface area contributed by atoms with Gasteiger partial charge in [-0.2, -0.15) is 5.10 Å². The molecule has 1 aliphatic carbocycles. The summed E-state index contributed by atoms with van der Waals surface area (Å²) < 4.78 is 12.7. The number of nitrogens with two attached hydrogens (primary N) is 1. The number of nitrogens with zero attached hydrogens (tertiary/aromatic N) is 4. The molecule has 2 aromatic carbocycles. The maximum Gasteiger partial charge on any atom is 0.275 e. The number of rotatable bonds is 9. The Hall–Kier alpha value is -4.45. The van der Waals surface area contributed by atoms with E-state index >= 15 is 0 Å². The fourth-order valence-corrected chi connectivity index (χ4v) is 5.55. The van der Waals surface area contributed by atoms with Gasteiger partial charge in [-0.05, 0) is 61.3 Å². The number of aliphatic hydroxyl groups excluding tert-OH is 1. The highest BCUT2D eigenvalue weighted by molar-refractivity contribution is 6.34. The molecule has 1 aliphatic heterocycles. The number of nitrogens with one attached hydrogen (secondary N) is 1. The van der Waals surface area contributed by atoms with Crippen molar-refractivity contribution in [3.63, 3.8) is 0 Å². The van der Waals surface area contributed by atoms with E-state index in [1.807, 2.05) is 36.1 Å². The third kappa shape index (κ3) is 5.18. The SMILES string of the molecule is CCN(CCO)Cc1ccc(Cl)c(C(=O)Nc2ccc3c(c2)-c2c(c(C(N)=O)nn2-c2ccc4c(c2)OCO4)CC3)n1. The minimum Gasteiger partial charge on any atom is -0.454 e. The van der Waals surface area contributed by atoms with Gasteiger partial charge in [-0.25, -0.2) is 9.67 Å². The lowest BCUT2D eigenvalue weighted by Gasteiger charge is -2.20. The van der Waals surface area contributed by atoms with Crippen LogP contribution in [-0.4, -0.2) is 63.1 Å². The number of aromatic nitrogens is 3. The third-order valence-electron chi connectivity index (χ3n) is 7.45. The fraction of sp³-hybridized carbons (Fsp3) is 0.267. The van der Waals surface area contributed by atoms with Crippen LogP contribution < -0.4 is 20.5 Å². The summed E-state index contributed by atoms with van der Waals surface area (Å²) in [4.78, 5) is 32.3. The highest BCUT2D eigenvalue weighted by Gasteiger charge is 2.29. The molecule has 12 heteroatoms. The van der Waals surface area contributed by atoms with Gasteiger partial charge < -0.3 is 25.6 Å². The first kappa shape index (κ1) is 27.7. The minimum absolute atomic E-state index is 0.0311. The second-order valence-electron chi connectivity index (χ2n) is 10.0. The van der Waals surface area contributed by atoms with Crippen LogP contribution in [0.4, 0.5) is 5.69 Å². The van der Waals surface area contributed by atoms with E-state index in [9.17, 15) is 14.7 Å². The molecule has 0 unspecified atom stereocenters. The number of primary amides is 1. The molecular weight excluding hydrogens is 560 g/mol. The Kier molecular flexibility index (Phi) is 7.55. The van der Waals surface area contributed by atoms with Gasteiger partial charge in [0.15, 0.2) is 17.2 Å². The number of hydrogen-bond donors (Lipinski definition) is 3. The van der Waals surface area contributed by atoms with Crippen LogP contribution in [0.25, 0.3) is 16.9 Å². The number of amides is 2. The average molecular weight is 589 g/mol. The molecule has 2 aromatic heterocycles. The van der Waals surface area contributed by atoms with E-state index in [1.54, 1.807) is 28.9 Å². The summed E-state index contributed by atoms with van der Waals surface area (Å²) in [5, 5.41) is 17.1. The molecule has 42 heavy (non-hydrogen) atoms. The number of aryl methyl sites for hydroxylation is 1. The Labute approximate surface area is 246 Å².